The van der Waals surface area contributed by atoms with Crippen molar-refractivity contribution in [3.05, 3.63) is 76.1 Å². The third kappa shape index (κ3) is 6.60. The number of alkyl carbamates (subject to hydrolysis) is 1. The summed E-state index contributed by atoms with van der Waals surface area (Å²) in [6.07, 6.45) is -5.55. The zero-order chi connectivity index (χ0) is 25.1. The first-order valence-electron chi connectivity index (χ1n) is 10.2. The number of hydrogen-bond donors (Lipinski definition) is 1. The lowest BCUT2D eigenvalue weighted by molar-refractivity contribution is -0.137. The monoisotopic (exact) mass is 477 g/mol. The van der Waals surface area contributed by atoms with Crippen molar-refractivity contribution >= 4 is 23.0 Å². The molecule has 0 aliphatic heterocycles. The fraction of sp³-hybridized carbons (Fsp3) is 0.292. The van der Waals surface area contributed by atoms with Crippen LogP contribution < -0.4 is 15.7 Å². The van der Waals surface area contributed by atoms with Crippen LogP contribution in [0.15, 0.2) is 63.8 Å². The number of alkyl halides is 3. The van der Waals surface area contributed by atoms with Gasteiger partial charge in [-0.05, 0) is 38.5 Å². The van der Waals surface area contributed by atoms with Crippen LogP contribution in [0.1, 0.15) is 31.9 Å². The number of carbonyl (C=O) groups is 2. The minimum absolute atomic E-state index is 0.0692. The summed E-state index contributed by atoms with van der Waals surface area (Å²) in [5.74, 6) is -1.05. The zero-order valence-electron chi connectivity index (χ0n) is 18.6. The summed E-state index contributed by atoms with van der Waals surface area (Å²) in [7, 11) is 0. The van der Waals surface area contributed by atoms with Crippen LogP contribution in [0.25, 0.3) is 11.0 Å². The molecule has 3 rings (SSSR count). The molecule has 7 nitrogen and oxygen atoms in total. The Kier molecular flexibility index (Phi) is 6.99. The highest BCUT2D eigenvalue weighted by Crippen LogP contribution is 2.34. The van der Waals surface area contributed by atoms with Gasteiger partial charge in [0.2, 0.25) is 0 Å². The number of carbonyl (C=O) groups excluding carboxylic acids is 2. The number of hydrogen-bond acceptors (Lipinski definition) is 6. The van der Waals surface area contributed by atoms with Crippen LogP contribution in [0.3, 0.4) is 0 Å². The van der Waals surface area contributed by atoms with Gasteiger partial charge < -0.3 is 19.2 Å². The fourth-order valence-corrected chi connectivity index (χ4v) is 3.12. The predicted molar refractivity (Wildman–Crippen MR) is 116 cm³/mol. The number of nitrogens with one attached hydrogen (secondary N) is 1. The van der Waals surface area contributed by atoms with E-state index in [2.05, 4.69) is 5.32 Å². The van der Waals surface area contributed by atoms with Crippen molar-refractivity contribution in [3.63, 3.8) is 0 Å². The zero-order valence-corrected chi connectivity index (χ0v) is 18.6. The second kappa shape index (κ2) is 9.58. The van der Waals surface area contributed by atoms with Gasteiger partial charge in [-0.1, -0.05) is 30.3 Å². The molecule has 10 heteroatoms. The van der Waals surface area contributed by atoms with Crippen LogP contribution in [-0.2, 0) is 22.1 Å². The van der Waals surface area contributed by atoms with E-state index in [1.807, 2.05) is 0 Å². The summed E-state index contributed by atoms with van der Waals surface area (Å²) in [5.41, 5.74) is -2.84. The summed E-state index contributed by atoms with van der Waals surface area (Å²) < 4.78 is 55.1. The molecule has 1 amide bonds. The third-order valence-electron chi connectivity index (χ3n) is 4.50. The highest BCUT2D eigenvalue weighted by atomic mass is 19.4. The van der Waals surface area contributed by atoms with Gasteiger partial charge in [0.05, 0.1) is 5.56 Å². The smallest absolute Gasteiger partial charge is 0.417 e. The molecule has 1 unspecified atom stereocenters. The standard InChI is InChI=1S/C24H22F3NO6/c1-23(2,3)34-22(31)28-18(11-14-7-5-4-6-8-14)21(30)32-15-9-10-16-17(24(25,26)27)13-20(29)33-19(16)12-15/h4-10,12-13,18H,11H2,1-3H3,(H,28,31). The molecule has 1 heterocycles. The Morgan fingerprint density at radius 1 is 1.03 bits per heavy atom. The van der Waals surface area contributed by atoms with Gasteiger partial charge in [-0.25, -0.2) is 14.4 Å². The summed E-state index contributed by atoms with van der Waals surface area (Å²) in [6, 6.07) is 11.2. The molecule has 0 saturated heterocycles. The Balaban J connectivity index is 1.87. The van der Waals surface area contributed by atoms with Gasteiger partial charge in [0.1, 0.15) is 23.0 Å². The first kappa shape index (κ1) is 24.8. The van der Waals surface area contributed by atoms with E-state index in [9.17, 15) is 27.6 Å². The van der Waals surface area contributed by atoms with E-state index >= 15 is 0 Å². The molecule has 0 fully saturated rings. The number of benzene rings is 2. The number of ether oxygens (including phenoxy) is 2. The van der Waals surface area contributed by atoms with E-state index in [4.69, 9.17) is 13.9 Å². The first-order chi connectivity index (χ1) is 15.8. The van der Waals surface area contributed by atoms with E-state index in [0.29, 0.717) is 6.07 Å². The molecule has 0 aliphatic rings. The van der Waals surface area contributed by atoms with Gasteiger partial charge in [0, 0.05) is 23.9 Å². The molecule has 0 saturated carbocycles. The highest BCUT2D eigenvalue weighted by Gasteiger charge is 2.34. The van der Waals surface area contributed by atoms with Gasteiger partial charge in [0.25, 0.3) is 0 Å². The van der Waals surface area contributed by atoms with E-state index in [1.165, 1.54) is 0 Å². The van der Waals surface area contributed by atoms with Crippen molar-refractivity contribution in [2.24, 2.45) is 0 Å². The third-order valence-corrected chi connectivity index (χ3v) is 4.50. The van der Waals surface area contributed by atoms with Crippen LogP contribution in [0.2, 0.25) is 0 Å². The lowest BCUT2D eigenvalue weighted by Gasteiger charge is -2.23. The number of rotatable bonds is 5. The normalized spacial score (nSPS) is 12.8. The van der Waals surface area contributed by atoms with Crippen LogP contribution in [0, 0.1) is 0 Å². The quantitative estimate of drug-likeness (QED) is 0.321. The predicted octanol–water partition coefficient (Wildman–Crippen LogP) is 4.85. The molecule has 3 aromatic rings. The van der Waals surface area contributed by atoms with Crippen LogP contribution in [0.4, 0.5) is 18.0 Å². The maximum absolute atomic E-state index is 13.2. The molecular weight excluding hydrogens is 455 g/mol. The fourth-order valence-electron chi connectivity index (χ4n) is 3.12. The minimum Gasteiger partial charge on any atom is -0.444 e. The Hall–Kier alpha value is -3.82. The lowest BCUT2D eigenvalue weighted by Crippen LogP contribution is -2.46. The Labute approximate surface area is 192 Å². The average Bonchev–Trinajstić information content (AvgIpc) is 2.71. The van der Waals surface area contributed by atoms with Gasteiger partial charge >= 0.3 is 23.9 Å². The van der Waals surface area contributed by atoms with Crippen molar-refractivity contribution in [2.45, 2.75) is 45.0 Å². The van der Waals surface area contributed by atoms with E-state index in [0.717, 1.165) is 23.8 Å². The van der Waals surface area contributed by atoms with Gasteiger partial charge in [0.15, 0.2) is 0 Å². The first-order valence-corrected chi connectivity index (χ1v) is 10.2. The second-order valence-electron chi connectivity index (χ2n) is 8.44. The molecular formula is C24H22F3NO6. The number of fused-ring (bicyclic) bond motifs is 1. The van der Waals surface area contributed by atoms with E-state index in [-0.39, 0.29) is 17.6 Å². The Morgan fingerprint density at radius 2 is 1.71 bits per heavy atom. The van der Waals surface area contributed by atoms with Crippen LogP contribution in [0.5, 0.6) is 5.75 Å². The average molecular weight is 477 g/mol. The van der Waals surface area contributed by atoms with Gasteiger partial charge in [-0.2, -0.15) is 13.2 Å². The van der Waals surface area contributed by atoms with E-state index < -0.39 is 46.7 Å². The molecule has 180 valence electrons. The summed E-state index contributed by atoms with van der Waals surface area (Å²) in [6.45, 7) is 4.99. The second-order valence-corrected chi connectivity index (χ2v) is 8.44. The number of halogens is 3. The topological polar surface area (TPSA) is 94.8 Å². The molecule has 1 aromatic heterocycles. The van der Waals surface area contributed by atoms with Crippen molar-refractivity contribution in [2.75, 3.05) is 0 Å². The largest absolute Gasteiger partial charge is 0.444 e. The molecule has 0 bridgehead atoms. The van der Waals surface area contributed by atoms with E-state index in [1.54, 1.807) is 51.1 Å². The molecule has 0 radical (unpaired) electrons. The van der Waals surface area contributed by atoms with Crippen molar-refractivity contribution in [1.82, 2.24) is 5.32 Å². The van der Waals surface area contributed by atoms with Gasteiger partial charge in [-0.3, -0.25) is 0 Å². The molecule has 1 atom stereocenters. The van der Waals surface area contributed by atoms with Crippen LogP contribution >= 0.6 is 0 Å². The molecule has 2 aromatic carbocycles. The maximum atomic E-state index is 13.2. The highest BCUT2D eigenvalue weighted by molar-refractivity contribution is 5.86. The Morgan fingerprint density at radius 3 is 2.32 bits per heavy atom. The number of amides is 1. The number of esters is 1. The molecule has 1 N–H and O–H groups in total. The summed E-state index contributed by atoms with van der Waals surface area (Å²) in [4.78, 5) is 36.7. The molecule has 34 heavy (non-hydrogen) atoms. The van der Waals surface area contributed by atoms with Gasteiger partial charge in [-0.15, -0.1) is 0 Å². The maximum Gasteiger partial charge on any atom is 0.417 e. The van der Waals surface area contributed by atoms with Crippen molar-refractivity contribution < 1.29 is 36.7 Å². The minimum atomic E-state index is -4.77. The summed E-state index contributed by atoms with van der Waals surface area (Å²) >= 11 is 0. The van der Waals surface area contributed by atoms with Crippen molar-refractivity contribution in [3.8, 4) is 5.75 Å². The molecule has 0 spiro atoms. The lowest BCUT2D eigenvalue weighted by atomic mass is 10.1. The SMILES string of the molecule is CC(C)(C)OC(=O)NC(Cc1ccccc1)C(=O)Oc1ccc2c(C(F)(F)F)cc(=O)oc2c1. The summed E-state index contributed by atoms with van der Waals surface area (Å²) in [5, 5.41) is 2.10. The molecule has 0 aliphatic carbocycles. The van der Waals surface area contributed by atoms with Crippen LogP contribution in [-0.4, -0.2) is 23.7 Å². The van der Waals surface area contributed by atoms with Crippen molar-refractivity contribution in [1.29, 1.82) is 0 Å². The Bertz CT molecular complexity index is 1250.